The van der Waals surface area contributed by atoms with Gasteiger partial charge in [-0.05, 0) is 104 Å². The molecule has 0 amide bonds. The van der Waals surface area contributed by atoms with Gasteiger partial charge in [-0.1, -0.05) is 182 Å². The Hall–Kier alpha value is -11.4. The highest BCUT2D eigenvalue weighted by atomic mass is 32.1. The number of hydrogen-bond donors (Lipinski definition) is 0. The fourth-order valence-electron chi connectivity index (χ4n) is 14.4. The molecule has 18 nitrogen and oxygen atoms in total. The molecule has 8 aromatic carbocycles. The molecule has 0 radical (unpaired) electrons. The number of fused-ring (bicyclic) bond motifs is 4. The zero-order valence-corrected chi connectivity index (χ0v) is 56.4. The molecular formula is C81H76N18S. The van der Waals surface area contributed by atoms with Crippen LogP contribution in [0.4, 0.5) is 17.5 Å². The number of para-hydroxylation sites is 3. The summed E-state index contributed by atoms with van der Waals surface area (Å²) in [5, 5.41) is 23.8. The minimum absolute atomic E-state index is 0.203. The second-order valence-corrected chi connectivity index (χ2v) is 26.2. The Labute approximate surface area is 585 Å². The van der Waals surface area contributed by atoms with Crippen molar-refractivity contribution < 1.29 is 0 Å². The van der Waals surface area contributed by atoms with E-state index in [9.17, 15) is 0 Å². The molecule has 0 bridgehead atoms. The van der Waals surface area contributed by atoms with Gasteiger partial charge in [-0.15, -0.1) is 0 Å². The number of hydrogen-bond acceptors (Lipinski definition) is 16. The molecule has 0 N–H and O–H groups in total. The Bertz CT molecular complexity index is 5060. The van der Waals surface area contributed by atoms with Crippen LogP contribution in [-0.2, 0) is 6.54 Å². The molecule has 7 aromatic heterocycles. The summed E-state index contributed by atoms with van der Waals surface area (Å²) in [6.07, 6.45) is 11.7. The average Bonchev–Trinajstić information content (AvgIpc) is 1.53. The van der Waals surface area contributed by atoms with Gasteiger partial charge in [0.25, 0.3) is 0 Å². The highest BCUT2D eigenvalue weighted by molar-refractivity contribution is 7.07. The Morgan fingerprint density at radius 1 is 0.330 bits per heavy atom. The SMILES string of the molecule is c1ccc(-n2ncc3c(N4CCN(Cc5ccsc5)CC4)ncnc32)cc1.c1ccc(C(c2ccc3ccccc3c2)N2CCN(c3ncnc4c3cnn4-c3ccccc3)CC2)cc1.c1ccc(C(c2ccccc2)N2CCCN(c3ncnc4c3cnn4-c3ccccc3)CC2)cc1. The van der Waals surface area contributed by atoms with E-state index in [1.54, 1.807) is 30.3 Å². The number of thiophene rings is 1. The van der Waals surface area contributed by atoms with Crippen LogP contribution < -0.4 is 14.7 Å². The van der Waals surface area contributed by atoms with E-state index in [1.165, 1.54) is 38.6 Å². The standard InChI is InChI=1S/C32H28N6.C29H28N6.C20H20N6S/c1-3-10-25(11-4-1)30(27-16-15-24-9-7-8-12-26(24)21-27)36-17-19-37(20-18-36)31-29-22-35-38(32(29)34-23-33-31)28-13-5-2-6-14-28;1-4-11-23(12-5-1)27(24-13-6-2-7-14-24)33-17-10-18-34(20-19-33)28-26-21-32-35(29(26)31-22-30-28)25-15-8-3-9-16-25;1-2-4-17(5-3-1)26-20-18(12-23-26)19(21-15-22-20)25-9-7-24(8-10-25)13-16-6-11-27-14-16/h1-16,21-23,30H,17-20H2;1-9,11-16,21-22,27H,10,17-20H2;1-6,11-12,14-15H,7-10,13H2. The number of benzene rings is 8. The fourth-order valence-corrected chi connectivity index (χ4v) is 15.1. The van der Waals surface area contributed by atoms with Crippen molar-refractivity contribution in [1.82, 2.24) is 73.9 Å². The Balaban J connectivity index is 0.000000118. The smallest absolute Gasteiger partial charge is 0.168 e. The third kappa shape index (κ3) is 13.7. The molecule has 0 aliphatic carbocycles. The van der Waals surface area contributed by atoms with Gasteiger partial charge in [0.15, 0.2) is 16.9 Å². The molecule has 1 atom stereocenters. The number of aromatic nitrogens is 12. The van der Waals surface area contributed by atoms with Crippen molar-refractivity contribution in [2.45, 2.75) is 25.0 Å². The van der Waals surface area contributed by atoms with E-state index in [0.29, 0.717) is 0 Å². The van der Waals surface area contributed by atoms with Crippen molar-refractivity contribution in [3.63, 3.8) is 0 Å². The summed E-state index contributed by atoms with van der Waals surface area (Å²) < 4.78 is 5.67. The molecule has 3 fully saturated rings. The first-order chi connectivity index (χ1) is 49.6. The zero-order valence-electron chi connectivity index (χ0n) is 55.6. The van der Waals surface area contributed by atoms with E-state index in [0.717, 1.165) is 159 Å². The Kier molecular flexibility index (Phi) is 18.9. The number of nitrogens with zero attached hydrogens (tertiary/aromatic N) is 18. The monoisotopic (exact) mass is 1330 g/mol. The van der Waals surface area contributed by atoms with Crippen molar-refractivity contribution in [2.75, 3.05) is 93.2 Å². The molecule has 3 aliphatic heterocycles. The van der Waals surface area contributed by atoms with E-state index in [4.69, 9.17) is 9.97 Å². The van der Waals surface area contributed by atoms with Crippen molar-refractivity contribution in [3.8, 4) is 17.1 Å². The maximum absolute atomic E-state index is 4.71. The quantitative estimate of drug-likeness (QED) is 0.101. The molecule has 15 aromatic rings. The lowest BCUT2D eigenvalue weighted by Gasteiger charge is -2.40. The molecule has 3 aliphatic rings. The lowest BCUT2D eigenvalue weighted by atomic mass is 9.94. The normalized spacial score (nSPS) is 15.2. The summed E-state index contributed by atoms with van der Waals surface area (Å²) >= 11 is 1.76. The van der Waals surface area contributed by atoms with Gasteiger partial charge in [-0.2, -0.15) is 26.6 Å². The summed E-state index contributed by atoms with van der Waals surface area (Å²) in [7, 11) is 0. The van der Waals surface area contributed by atoms with Crippen LogP contribution in [0.15, 0.2) is 279 Å². The van der Waals surface area contributed by atoms with Gasteiger partial charge in [0.05, 0.1) is 63.9 Å². The second kappa shape index (κ2) is 29.8. The van der Waals surface area contributed by atoms with Crippen molar-refractivity contribution in [1.29, 1.82) is 0 Å². The molecule has 3 saturated heterocycles. The molecular weight excluding hydrogens is 1260 g/mol. The lowest BCUT2D eigenvalue weighted by molar-refractivity contribution is 0.212. The zero-order chi connectivity index (χ0) is 66.8. The van der Waals surface area contributed by atoms with Crippen LogP contribution in [0.3, 0.4) is 0 Å². The van der Waals surface area contributed by atoms with Crippen molar-refractivity contribution in [2.24, 2.45) is 0 Å². The number of anilines is 3. The second-order valence-electron chi connectivity index (χ2n) is 25.4. The van der Waals surface area contributed by atoms with Gasteiger partial charge in [-0.3, -0.25) is 14.7 Å². The molecule has 100 heavy (non-hydrogen) atoms. The van der Waals surface area contributed by atoms with E-state index in [-0.39, 0.29) is 12.1 Å². The average molecular weight is 1330 g/mol. The van der Waals surface area contributed by atoms with Crippen molar-refractivity contribution in [3.05, 3.63) is 307 Å². The number of rotatable bonds is 14. The Morgan fingerprint density at radius 2 is 0.710 bits per heavy atom. The molecule has 19 heteroatoms. The Morgan fingerprint density at radius 3 is 1.14 bits per heavy atom. The first-order valence-corrected chi connectivity index (χ1v) is 35.4. The maximum Gasteiger partial charge on any atom is 0.168 e. The third-order valence-electron chi connectivity index (χ3n) is 19.3. The van der Waals surface area contributed by atoms with E-state index in [1.807, 2.05) is 124 Å². The number of piperazine rings is 2. The predicted octanol–water partition coefficient (Wildman–Crippen LogP) is 14.2. The highest BCUT2D eigenvalue weighted by Gasteiger charge is 2.30. The van der Waals surface area contributed by atoms with Crippen LogP contribution in [0.5, 0.6) is 0 Å². The first kappa shape index (κ1) is 63.4. The van der Waals surface area contributed by atoms with Gasteiger partial charge in [0.2, 0.25) is 0 Å². The molecule has 0 saturated carbocycles. The van der Waals surface area contributed by atoms with Gasteiger partial charge in [0, 0.05) is 85.1 Å². The van der Waals surface area contributed by atoms with Gasteiger partial charge in [-0.25, -0.2) is 43.9 Å². The maximum atomic E-state index is 4.71. The van der Waals surface area contributed by atoms with E-state index < -0.39 is 0 Å². The molecule has 1 unspecified atom stereocenters. The van der Waals surface area contributed by atoms with Crippen LogP contribution in [0, 0.1) is 0 Å². The molecule has 0 spiro atoms. The lowest BCUT2D eigenvalue weighted by Crippen LogP contribution is -2.48. The van der Waals surface area contributed by atoms with Crippen LogP contribution >= 0.6 is 11.3 Å². The topological polar surface area (TPSA) is 150 Å². The highest BCUT2D eigenvalue weighted by Crippen LogP contribution is 2.36. The van der Waals surface area contributed by atoms with Crippen molar-refractivity contribution >= 4 is 72.7 Å². The van der Waals surface area contributed by atoms with Gasteiger partial charge < -0.3 is 14.7 Å². The summed E-state index contributed by atoms with van der Waals surface area (Å²) in [5.41, 5.74) is 12.3. The van der Waals surface area contributed by atoms with Crippen LogP contribution in [0.2, 0.25) is 0 Å². The molecule has 496 valence electrons. The molecule has 18 rings (SSSR count). The molecule has 10 heterocycles. The van der Waals surface area contributed by atoms with E-state index >= 15 is 0 Å². The largest absolute Gasteiger partial charge is 0.355 e. The summed E-state index contributed by atoms with van der Waals surface area (Å²) in [6, 6.07) is 81.1. The predicted molar refractivity (Wildman–Crippen MR) is 401 cm³/mol. The van der Waals surface area contributed by atoms with E-state index in [2.05, 4.69) is 215 Å². The summed E-state index contributed by atoms with van der Waals surface area (Å²) in [5.74, 6) is 2.91. The first-order valence-electron chi connectivity index (χ1n) is 34.4. The fraction of sp³-hybridized carbons (Fsp3) is 0.198. The van der Waals surface area contributed by atoms with Crippen LogP contribution in [0.25, 0.3) is 60.9 Å². The van der Waals surface area contributed by atoms with Crippen LogP contribution in [0.1, 0.15) is 46.3 Å². The van der Waals surface area contributed by atoms with Gasteiger partial charge >= 0.3 is 0 Å². The summed E-state index contributed by atoms with van der Waals surface area (Å²) in [6.45, 7) is 12.5. The van der Waals surface area contributed by atoms with Crippen LogP contribution in [-0.4, -0.2) is 152 Å². The minimum atomic E-state index is 0.203. The minimum Gasteiger partial charge on any atom is -0.355 e. The van der Waals surface area contributed by atoms with Gasteiger partial charge in [0.1, 0.15) is 36.4 Å². The summed E-state index contributed by atoms with van der Waals surface area (Å²) in [4.78, 5) is 42.5. The third-order valence-corrected chi connectivity index (χ3v) is 20.0.